The molecule has 2 aliphatic heterocycles. The molecular formula is C20H22N6O5S2. The quantitative estimate of drug-likeness (QED) is 0.284. The third-order valence-electron chi connectivity index (χ3n) is 5.29. The fraction of sp³-hybridized carbons (Fsp3) is 0.350. The number of hydrogen-bond donors (Lipinski definition) is 4. The first-order chi connectivity index (χ1) is 15.9. The summed E-state index contributed by atoms with van der Waals surface area (Å²) in [4.78, 5) is 43.5. The molecule has 0 radical (unpaired) electrons. The number of carbonyl (C=O) groups is 3. The molecule has 33 heavy (non-hydrogen) atoms. The average Bonchev–Trinajstić information content (AvgIpc) is 3.23. The largest absolute Gasteiger partial charge is 0.465 e. The van der Waals surface area contributed by atoms with Crippen LogP contribution in [-0.2, 0) is 15.9 Å². The molecule has 0 unspecified atom stereocenters. The number of rotatable bonds is 3. The number of nitrogens with one attached hydrogen (secondary N) is 4. The molecule has 1 fully saturated rings. The fourth-order valence-electron chi connectivity index (χ4n) is 3.76. The summed E-state index contributed by atoms with van der Waals surface area (Å²) in [5, 5.41) is 6.06. The second-order valence-electron chi connectivity index (χ2n) is 7.31. The number of hydrogen-bond acceptors (Lipinski definition) is 8. The first-order valence-electron chi connectivity index (χ1n) is 10.0. The highest BCUT2D eigenvalue weighted by Crippen LogP contribution is 2.41. The number of urea groups is 1. The third-order valence-corrected chi connectivity index (χ3v) is 6.71. The van der Waals surface area contributed by atoms with Crippen molar-refractivity contribution in [1.29, 1.82) is 0 Å². The van der Waals surface area contributed by atoms with Crippen molar-refractivity contribution in [2.24, 2.45) is 0 Å². The number of methoxy groups -OCH3 is 1. The number of benzene rings is 1. The van der Waals surface area contributed by atoms with E-state index in [2.05, 4.69) is 26.5 Å². The van der Waals surface area contributed by atoms with Crippen molar-refractivity contribution < 1.29 is 23.9 Å². The molecule has 174 valence electrons. The zero-order chi connectivity index (χ0) is 23.5. The van der Waals surface area contributed by atoms with Gasteiger partial charge < -0.3 is 19.7 Å². The molecule has 2 aliphatic rings. The zero-order valence-electron chi connectivity index (χ0n) is 17.8. The van der Waals surface area contributed by atoms with Crippen molar-refractivity contribution in [3.05, 3.63) is 46.0 Å². The van der Waals surface area contributed by atoms with E-state index < -0.39 is 11.9 Å². The maximum Gasteiger partial charge on any atom is 0.337 e. The Bertz CT molecular complexity index is 1110. The summed E-state index contributed by atoms with van der Waals surface area (Å²) in [7, 11) is 2.82. The van der Waals surface area contributed by atoms with Crippen LogP contribution >= 0.6 is 23.6 Å². The maximum atomic E-state index is 12.6. The van der Waals surface area contributed by atoms with Crippen LogP contribution in [0.25, 0.3) is 0 Å². The highest BCUT2D eigenvalue weighted by molar-refractivity contribution is 7.80. The van der Waals surface area contributed by atoms with E-state index in [4.69, 9.17) is 21.7 Å². The van der Waals surface area contributed by atoms with Crippen LogP contribution in [0.15, 0.2) is 24.3 Å². The number of hydrazine groups is 1. The number of aromatic nitrogens is 1. The monoisotopic (exact) mass is 490 g/mol. The smallest absolute Gasteiger partial charge is 0.337 e. The van der Waals surface area contributed by atoms with Gasteiger partial charge in [-0.15, -0.1) is 0 Å². The highest BCUT2D eigenvalue weighted by Gasteiger charge is 2.42. The lowest BCUT2D eigenvalue weighted by molar-refractivity contribution is -0.0214. The number of carbonyl (C=O) groups excluding carboxylic acids is 3. The molecule has 4 N–H and O–H groups in total. The van der Waals surface area contributed by atoms with Crippen molar-refractivity contribution in [3.8, 4) is 0 Å². The number of ether oxygens (including phenoxy) is 2. The predicted molar refractivity (Wildman–Crippen MR) is 124 cm³/mol. The SMILES string of the molecule is CNC(=O)Nc1nc2c(s1)[C@@H]1COC[C@H](C2)N1C(=S)NNC(=O)c1cccc(C(=O)OC)c1. The summed E-state index contributed by atoms with van der Waals surface area (Å²) in [6.07, 6.45) is 0.592. The van der Waals surface area contributed by atoms with Crippen molar-refractivity contribution in [3.63, 3.8) is 0 Å². The highest BCUT2D eigenvalue weighted by atomic mass is 32.1. The summed E-state index contributed by atoms with van der Waals surface area (Å²) in [6.45, 7) is 0.866. The van der Waals surface area contributed by atoms with Gasteiger partial charge in [-0.25, -0.2) is 14.6 Å². The number of thiocarbonyl (C=S) groups is 1. The van der Waals surface area contributed by atoms with Crippen LogP contribution in [0.3, 0.4) is 0 Å². The van der Waals surface area contributed by atoms with Gasteiger partial charge in [0.1, 0.15) is 0 Å². The molecule has 3 heterocycles. The third kappa shape index (κ3) is 4.74. The number of anilines is 1. The van der Waals surface area contributed by atoms with Crippen molar-refractivity contribution in [1.82, 2.24) is 26.1 Å². The van der Waals surface area contributed by atoms with Crippen LogP contribution in [-0.4, -0.2) is 66.3 Å². The lowest BCUT2D eigenvalue weighted by Gasteiger charge is -2.46. The number of nitrogens with zero attached hydrogens (tertiary/aromatic N) is 2. The van der Waals surface area contributed by atoms with Gasteiger partial charge in [-0.1, -0.05) is 17.4 Å². The second-order valence-corrected chi connectivity index (χ2v) is 8.73. The van der Waals surface area contributed by atoms with Crippen LogP contribution < -0.4 is 21.5 Å². The predicted octanol–water partition coefficient (Wildman–Crippen LogP) is 1.20. The summed E-state index contributed by atoms with van der Waals surface area (Å²) in [6, 6.07) is 5.60. The van der Waals surface area contributed by atoms with E-state index in [1.54, 1.807) is 18.2 Å². The minimum Gasteiger partial charge on any atom is -0.465 e. The number of fused-ring (bicyclic) bond motifs is 4. The van der Waals surface area contributed by atoms with E-state index in [0.717, 1.165) is 10.6 Å². The molecule has 1 aromatic carbocycles. The van der Waals surface area contributed by atoms with Crippen molar-refractivity contribution in [2.45, 2.75) is 18.5 Å². The standard InChI is InChI=1S/C20H22N6O5S2/c1-21-18(29)23-19-22-13-7-12-8-31-9-14(15(13)33-19)26(12)20(32)25-24-16(27)10-4-3-5-11(6-10)17(28)30-2/h3-6,12,14H,7-9H2,1-2H3,(H,24,27)(H,25,32)(H2,21,22,23,29)/t12-,14-/m0/s1. The molecule has 13 heteroatoms. The lowest BCUT2D eigenvalue weighted by Crippen LogP contribution is -2.59. The normalized spacial score (nSPS) is 18.5. The summed E-state index contributed by atoms with van der Waals surface area (Å²) >= 11 is 6.96. The Hall–Kier alpha value is -3.29. The van der Waals surface area contributed by atoms with Gasteiger partial charge >= 0.3 is 12.0 Å². The van der Waals surface area contributed by atoms with Gasteiger partial charge in [-0.3, -0.25) is 21.0 Å². The summed E-state index contributed by atoms with van der Waals surface area (Å²) in [5.74, 6) is -0.975. The summed E-state index contributed by atoms with van der Waals surface area (Å²) in [5.41, 5.74) is 6.87. The molecule has 2 atom stereocenters. The van der Waals surface area contributed by atoms with Crippen LogP contribution in [0.4, 0.5) is 9.93 Å². The zero-order valence-corrected chi connectivity index (χ0v) is 19.5. The van der Waals surface area contributed by atoms with Crippen LogP contribution in [0.2, 0.25) is 0 Å². The topological polar surface area (TPSA) is 134 Å². The van der Waals surface area contributed by atoms with Crippen molar-refractivity contribution in [2.75, 3.05) is 32.7 Å². The molecule has 11 nitrogen and oxygen atoms in total. The molecular weight excluding hydrogens is 468 g/mol. The van der Waals surface area contributed by atoms with E-state index in [1.165, 1.54) is 31.6 Å². The van der Waals surface area contributed by atoms with Gasteiger partial charge in [0.15, 0.2) is 10.2 Å². The van der Waals surface area contributed by atoms with Gasteiger partial charge in [-0.2, -0.15) is 0 Å². The minimum atomic E-state index is -0.528. The van der Waals surface area contributed by atoms with Gasteiger partial charge in [-0.05, 0) is 30.4 Å². The van der Waals surface area contributed by atoms with Gasteiger partial charge in [0.25, 0.3) is 5.91 Å². The first-order valence-corrected chi connectivity index (χ1v) is 11.3. The van der Waals surface area contributed by atoms with E-state index in [-0.39, 0.29) is 29.2 Å². The maximum absolute atomic E-state index is 12.6. The van der Waals surface area contributed by atoms with E-state index >= 15 is 0 Å². The Morgan fingerprint density at radius 3 is 2.79 bits per heavy atom. The Morgan fingerprint density at radius 1 is 1.24 bits per heavy atom. The number of esters is 1. The fourth-order valence-corrected chi connectivity index (χ4v) is 5.16. The molecule has 3 amide bonds. The average molecular weight is 491 g/mol. The summed E-state index contributed by atoms with van der Waals surface area (Å²) < 4.78 is 10.4. The van der Waals surface area contributed by atoms with Gasteiger partial charge in [0, 0.05) is 19.0 Å². The van der Waals surface area contributed by atoms with Gasteiger partial charge in [0.2, 0.25) is 0 Å². The molecule has 4 rings (SSSR count). The molecule has 1 saturated heterocycles. The lowest BCUT2D eigenvalue weighted by atomic mass is 9.97. The number of amides is 3. The Kier molecular flexibility index (Phi) is 6.72. The van der Waals surface area contributed by atoms with Crippen LogP contribution in [0.1, 0.15) is 37.3 Å². The molecule has 0 spiro atoms. The molecule has 0 aliphatic carbocycles. The Balaban J connectivity index is 1.45. The molecule has 2 bridgehead atoms. The Morgan fingerprint density at radius 2 is 2.03 bits per heavy atom. The molecule has 0 saturated carbocycles. The van der Waals surface area contributed by atoms with E-state index in [1.807, 2.05) is 4.90 Å². The Labute approximate surface area is 198 Å². The van der Waals surface area contributed by atoms with E-state index in [0.29, 0.717) is 29.9 Å². The minimum absolute atomic E-state index is 0.0641. The molecule has 2 aromatic rings. The van der Waals surface area contributed by atoms with Crippen LogP contribution in [0.5, 0.6) is 0 Å². The van der Waals surface area contributed by atoms with Gasteiger partial charge in [0.05, 0.1) is 48.5 Å². The number of thiazole rings is 1. The second kappa shape index (κ2) is 9.68. The molecule has 1 aromatic heterocycles. The number of morpholine rings is 1. The van der Waals surface area contributed by atoms with E-state index in [9.17, 15) is 14.4 Å². The van der Waals surface area contributed by atoms with Crippen molar-refractivity contribution >= 4 is 51.7 Å². The van der Waals surface area contributed by atoms with Crippen LogP contribution in [0, 0.1) is 0 Å². The first kappa shape index (κ1) is 22.9.